The Morgan fingerprint density at radius 1 is 1.19 bits per heavy atom. The number of nitrogens with zero attached hydrogens (tertiary/aromatic N) is 5. The zero-order valence-corrected chi connectivity index (χ0v) is 15.0. The fourth-order valence-corrected chi connectivity index (χ4v) is 2.83. The molecule has 0 amide bonds. The van der Waals surface area contributed by atoms with Crippen molar-refractivity contribution in [2.24, 2.45) is 0 Å². The first-order chi connectivity index (χ1) is 13.2. The van der Waals surface area contributed by atoms with Gasteiger partial charge in [-0.05, 0) is 56.5 Å². The van der Waals surface area contributed by atoms with Gasteiger partial charge in [0.2, 0.25) is 5.82 Å². The zero-order chi connectivity index (χ0) is 18.8. The van der Waals surface area contributed by atoms with Crippen molar-refractivity contribution in [2.45, 2.75) is 32.8 Å². The van der Waals surface area contributed by atoms with Gasteiger partial charge in [-0.1, -0.05) is 5.16 Å². The number of nitriles is 1. The predicted molar refractivity (Wildman–Crippen MR) is 94.0 cm³/mol. The van der Waals surface area contributed by atoms with E-state index in [4.69, 9.17) is 14.0 Å². The van der Waals surface area contributed by atoms with Gasteiger partial charge in [-0.15, -0.1) is 5.10 Å². The maximum atomic E-state index is 9.35. The molecule has 0 bridgehead atoms. The molecule has 8 heteroatoms. The number of hydrogen-bond acceptors (Lipinski definition) is 8. The molecule has 1 fully saturated rings. The van der Waals surface area contributed by atoms with E-state index in [2.05, 4.69) is 26.4 Å². The van der Waals surface area contributed by atoms with E-state index in [1.54, 1.807) is 19.1 Å². The smallest absolute Gasteiger partial charge is 0.257 e. The first kappa shape index (κ1) is 17.1. The fraction of sp³-hybridized carbons (Fsp3) is 0.316. The summed E-state index contributed by atoms with van der Waals surface area (Å²) in [7, 11) is 0. The summed E-state index contributed by atoms with van der Waals surface area (Å²) in [5.74, 6) is 1.73. The number of aromatic nitrogens is 4. The van der Waals surface area contributed by atoms with Crippen LogP contribution in [-0.4, -0.2) is 26.9 Å². The molecule has 0 N–H and O–H groups in total. The second-order valence-electron chi connectivity index (χ2n) is 6.29. The highest BCUT2D eigenvalue weighted by molar-refractivity contribution is 5.56. The lowest BCUT2D eigenvalue weighted by molar-refractivity contribution is 0.0835. The van der Waals surface area contributed by atoms with Crippen LogP contribution in [0.1, 0.15) is 41.7 Å². The summed E-state index contributed by atoms with van der Waals surface area (Å²) in [6.45, 7) is 4.35. The molecular weight excluding hydrogens is 346 g/mol. The Labute approximate surface area is 155 Å². The molecule has 1 atom stereocenters. The largest absolute Gasteiger partial charge is 0.437 e. The summed E-state index contributed by atoms with van der Waals surface area (Å²) in [6.07, 6.45) is 1.79. The van der Waals surface area contributed by atoms with E-state index in [0.29, 0.717) is 28.7 Å². The van der Waals surface area contributed by atoms with E-state index in [1.807, 2.05) is 19.1 Å². The first-order valence-electron chi connectivity index (χ1n) is 8.63. The summed E-state index contributed by atoms with van der Waals surface area (Å²) in [5.41, 5.74) is 2.63. The molecule has 0 aliphatic carbocycles. The van der Waals surface area contributed by atoms with E-state index in [0.717, 1.165) is 30.6 Å². The molecule has 1 aliphatic rings. The van der Waals surface area contributed by atoms with E-state index in [9.17, 15) is 5.26 Å². The second-order valence-corrected chi connectivity index (χ2v) is 6.29. The molecule has 8 nitrogen and oxygen atoms in total. The summed E-state index contributed by atoms with van der Waals surface area (Å²) >= 11 is 0. The Kier molecular flexibility index (Phi) is 4.52. The summed E-state index contributed by atoms with van der Waals surface area (Å²) in [5, 5.41) is 21.4. The van der Waals surface area contributed by atoms with Crippen molar-refractivity contribution in [2.75, 3.05) is 6.61 Å². The summed E-state index contributed by atoms with van der Waals surface area (Å²) in [6, 6.07) is 9.28. The maximum Gasteiger partial charge on any atom is 0.257 e. The molecule has 1 aromatic carbocycles. The predicted octanol–water partition coefficient (Wildman–Crippen LogP) is 3.66. The highest BCUT2D eigenvalue weighted by atomic mass is 16.5. The van der Waals surface area contributed by atoms with Crippen molar-refractivity contribution in [1.82, 2.24) is 20.3 Å². The van der Waals surface area contributed by atoms with Gasteiger partial charge in [0, 0.05) is 12.2 Å². The van der Waals surface area contributed by atoms with E-state index in [1.165, 1.54) is 0 Å². The van der Waals surface area contributed by atoms with Gasteiger partial charge in [-0.25, -0.2) is 0 Å². The molecule has 0 spiro atoms. The number of hydrogen-bond donors (Lipinski definition) is 0. The lowest BCUT2D eigenvalue weighted by atomic mass is 10.1. The number of aryl methyl sites for hydroxylation is 1. The molecule has 4 rings (SSSR count). The van der Waals surface area contributed by atoms with Crippen LogP contribution < -0.4 is 4.74 Å². The van der Waals surface area contributed by atoms with Crippen LogP contribution in [0.25, 0.3) is 11.4 Å². The minimum atomic E-state index is -0.110. The van der Waals surface area contributed by atoms with Gasteiger partial charge in [0.1, 0.15) is 23.5 Å². The Morgan fingerprint density at radius 2 is 2.00 bits per heavy atom. The second kappa shape index (κ2) is 7.13. The van der Waals surface area contributed by atoms with Gasteiger partial charge >= 0.3 is 0 Å². The van der Waals surface area contributed by atoms with Gasteiger partial charge in [-0.2, -0.15) is 15.3 Å². The maximum absolute atomic E-state index is 9.35. The van der Waals surface area contributed by atoms with Crippen molar-refractivity contribution in [1.29, 1.82) is 5.26 Å². The molecule has 2 aromatic heterocycles. The average Bonchev–Trinajstić information content (AvgIpc) is 3.37. The van der Waals surface area contributed by atoms with Gasteiger partial charge in [0.15, 0.2) is 0 Å². The fourth-order valence-electron chi connectivity index (χ4n) is 2.83. The van der Waals surface area contributed by atoms with Crippen LogP contribution in [0, 0.1) is 25.2 Å². The van der Waals surface area contributed by atoms with Crippen LogP contribution in [0.3, 0.4) is 0 Å². The van der Waals surface area contributed by atoms with Gasteiger partial charge < -0.3 is 14.0 Å². The third-order valence-corrected chi connectivity index (χ3v) is 4.51. The van der Waals surface area contributed by atoms with Crippen LogP contribution in [-0.2, 0) is 4.74 Å². The van der Waals surface area contributed by atoms with Gasteiger partial charge in [0.25, 0.3) is 11.8 Å². The molecular formula is C19H17N5O3. The number of benzene rings is 1. The third kappa shape index (κ3) is 3.37. The normalized spacial score (nSPS) is 16.3. The molecule has 3 aromatic rings. The molecule has 1 saturated heterocycles. The third-order valence-electron chi connectivity index (χ3n) is 4.51. The highest BCUT2D eigenvalue weighted by Gasteiger charge is 2.24. The average molecular weight is 363 g/mol. The first-order valence-corrected chi connectivity index (χ1v) is 8.63. The Balaban J connectivity index is 1.53. The minimum Gasteiger partial charge on any atom is -0.437 e. The van der Waals surface area contributed by atoms with E-state index in [-0.39, 0.29) is 12.0 Å². The molecule has 0 radical (unpaired) electrons. The highest BCUT2D eigenvalue weighted by Crippen LogP contribution is 2.30. The van der Waals surface area contributed by atoms with Crippen molar-refractivity contribution >= 4 is 0 Å². The summed E-state index contributed by atoms with van der Waals surface area (Å²) < 4.78 is 16.6. The molecule has 136 valence electrons. The SMILES string of the molecule is Cc1nnc(Oc2ccc(-c3noc(C4CCCO4)n3)cc2)c(C#N)c1C. The van der Waals surface area contributed by atoms with Crippen LogP contribution in [0.15, 0.2) is 28.8 Å². The number of ether oxygens (including phenoxy) is 2. The Morgan fingerprint density at radius 3 is 2.70 bits per heavy atom. The van der Waals surface area contributed by atoms with Gasteiger partial charge in [-0.3, -0.25) is 0 Å². The molecule has 1 unspecified atom stereocenters. The Hall–Kier alpha value is -3.31. The standard InChI is InChI=1S/C19H17N5O3/c1-11-12(2)22-23-18(15(11)10-20)26-14-7-5-13(6-8-14)17-21-19(27-24-17)16-4-3-9-25-16/h5-8,16H,3-4,9H2,1-2H3. The summed E-state index contributed by atoms with van der Waals surface area (Å²) in [4.78, 5) is 4.42. The molecule has 0 saturated carbocycles. The van der Waals surface area contributed by atoms with Crippen molar-refractivity contribution < 1.29 is 14.0 Å². The van der Waals surface area contributed by atoms with Crippen LogP contribution >= 0.6 is 0 Å². The monoisotopic (exact) mass is 363 g/mol. The van der Waals surface area contributed by atoms with E-state index >= 15 is 0 Å². The quantitative estimate of drug-likeness (QED) is 0.691. The van der Waals surface area contributed by atoms with Crippen molar-refractivity contribution in [3.8, 4) is 29.1 Å². The van der Waals surface area contributed by atoms with Gasteiger partial charge in [0.05, 0.1) is 5.69 Å². The van der Waals surface area contributed by atoms with Crippen LogP contribution in [0.4, 0.5) is 0 Å². The zero-order valence-electron chi connectivity index (χ0n) is 15.0. The molecule has 27 heavy (non-hydrogen) atoms. The van der Waals surface area contributed by atoms with Crippen LogP contribution in [0.2, 0.25) is 0 Å². The molecule has 1 aliphatic heterocycles. The molecule has 3 heterocycles. The van der Waals surface area contributed by atoms with E-state index < -0.39 is 0 Å². The topological polar surface area (TPSA) is 107 Å². The lowest BCUT2D eigenvalue weighted by Crippen LogP contribution is -2.00. The van der Waals surface area contributed by atoms with Crippen molar-refractivity contribution in [3.63, 3.8) is 0 Å². The van der Waals surface area contributed by atoms with Crippen molar-refractivity contribution in [3.05, 3.63) is 47.0 Å². The van der Waals surface area contributed by atoms with Crippen LogP contribution in [0.5, 0.6) is 11.6 Å². The Bertz CT molecular complexity index is 1000. The minimum absolute atomic E-state index is 0.110. The number of rotatable bonds is 4. The lowest BCUT2D eigenvalue weighted by Gasteiger charge is -2.08.